The van der Waals surface area contributed by atoms with Crippen molar-refractivity contribution in [2.45, 2.75) is 45.1 Å². The smallest absolute Gasteiger partial charge is 0.213 e. The van der Waals surface area contributed by atoms with Crippen LogP contribution < -0.4 is 20.3 Å². The molecule has 1 aliphatic carbocycles. The number of guanidine groups is 1. The lowest BCUT2D eigenvalue weighted by atomic mass is 9.86. The second-order valence-electron chi connectivity index (χ2n) is 8.23. The van der Waals surface area contributed by atoms with Gasteiger partial charge in [-0.15, -0.1) is 0 Å². The van der Waals surface area contributed by atoms with Crippen LogP contribution in [0.25, 0.3) is 0 Å². The Bertz CT molecular complexity index is 775. The van der Waals surface area contributed by atoms with Crippen molar-refractivity contribution in [3.63, 3.8) is 0 Å². The molecule has 1 aliphatic heterocycles. The highest BCUT2D eigenvalue weighted by atomic mass is 32.2. The molecule has 0 aromatic heterocycles. The van der Waals surface area contributed by atoms with Crippen molar-refractivity contribution in [3.8, 4) is 0 Å². The minimum absolute atomic E-state index is 0.0561. The fourth-order valence-electron chi connectivity index (χ4n) is 3.79. The average Bonchev–Trinajstić information content (AvgIpc) is 2.66. The van der Waals surface area contributed by atoms with Crippen LogP contribution in [0.4, 0.5) is 5.69 Å². The zero-order valence-electron chi connectivity index (χ0n) is 17.7. The molecule has 0 spiro atoms. The second kappa shape index (κ2) is 10.3. The van der Waals surface area contributed by atoms with Crippen molar-refractivity contribution in [2.24, 2.45) is 10.9 Å². The number of aryl methyl sites for hydroxylation is 1. The number of aliphatic imine (C=N–C) groups is 1. The molecular formula is C21H35N5O2S. The van der Waals surface area contributed by atoms with Crippen LogP contribution in [-0.4, -0.2) is 59.4 Å². The maximum absolute atomic E-state index is 12.1. The highest BCUT2D eigenvalue weighted by Gasteiger charge is 2.22. The maximum Gasteiger partial charge on any atom is 0.213 e. The molecule has 8 heteroatoms. The Balaban J connectivity index is 1.42. The summed E-state index contributed by atoms with van der Waals surface area (Å²) in [6, 6.07) is 8.92. The second-order valence-corrected chi connectivity index (χ2v) is 10.2. The van der Waals surface area contributed by atoms with Gasteiger partial charge in [-0.3, -0.25) is 4.99 Å². The summed E-state index contributed by atoms with van der Waals surface area (Å²) in [4.78, 5) is 6.66. The molecule has 1 aromatic rings. The zero-order valence-corrected chi connectivity index (χ0v) is 18.5. The number of nitrogens with one attached hydrogen (secondary N) is 3. The highest BCUT2D eigenvalue weighted by Crippen LogP contribution is 2.25. The Hall–Kier alpha value is -1.80. The van der Waals surface area contributed by atoms with Gasteiger partial charge >= 0.3 is 0 Å². The molecule has 1 aromatic carbocycles. The van der Waals surface area contributed by atoms with E-state index in [9.17, 15) is 8.42 Å². The molecule has 7 nitrogen and oxygen atoms in total. The molecule has 29 heavy (non-hydrogen) atoms. The van der Waals surface area contributed by atoms with Crippen molar-refractivity contribution in [3.05, 3.63) is 29.8 Å². The van der Waals surface area contributed by atoms with Gasteiger partial charge in [0, 0.05) is 45.0 Å². The number of sulfonamides is 1. The summed E-state index contributed by atoms with van der Waals surface area (Å²) >= 11 is 0. The van der Waals surface area contributed by atoms with Gasteiger partial charge in [-0.1, -0.05) is 24.1 Å². The monoisotopic (exact) mass is 421 g/mol. The summed E-state index contributed by atoms with van der Waals surface area (Å²) < 4.78 is 27.0. The van der Waals surface area contributed by atoms with E-state index in [0.29, 0.717) is 25.0 Å². The Morgan fingerprint density at radius 3 is 2.59 bits per heavy atom. The SMILES string of the molecule is CN=C(NCCS(=O)(=O)NCC1CCC1)NC1CCCN(c2ccc(C)cc2)C1. The van der Waals surface area contributed by atoms with Crippen LogP contribution in [0.3, 0.4) is 0 Å². The number of hydrogen-bond donors (Lipinski definition) is 3. The van der Waals surface area contributed by atoms with Gasteiger partial charge in [0.2, 0.25) is 10.0 Å². The van der Waals surface area contributed by atoms with Gasteiger partial charge < -0.3 is 15.5 Å². The van der Waals surface area contributed by atoms with Crippen LogP contribution in [0.5, 0.6) is 0 Å². The minimum Gasteiger partial charge on any atom is -0.369 e. The average molecular weight is 422 g/mol. The van der Waals surface area contributed by atoms with Gasteiger partial charge in [-0.2, -0.15) is 0 Å². The van der Waals surface area contributed by atoms with E-state index in [-0.39, 0.29) is 11.8 Å². The first kappa shape index (κ1) is 21.9. The number of benzene rings is 1. The largest absolute Gasteiger partial charge is 0.369 e. The first-order valence-corrected chi connectivity index (χ1v) is 12.4. The molecule has 0 radical (unpaired) electrons. The van der Waals surface area contributed by atoms with Crippen molar-refractivity contribution < 1.29 is 8.42 Å². The van der Waals surface area contributed by atoms with Gasteiger partial charge in [0.05, 0.1) is 5.75 Å². The third-order valence-electron chi connectivity index (χ3n) is 5.86. The Morgan fingerprint density at radius 1 is 1.17 bits per heavy atom. The van der Waals surface area contributed by atoms with Crippen molar-refractivity contribution in [1.82, 2.24) is 15.4 Å². The van der Waals surface area contributed by atoms with Crippen LogP contribution >= 0.6 is 0 Å². The van der Waals surface area contributed by atoms with Gasteiger partial charge in [-0.25, -0.2) is 13.1 Å². The lowest BCUT2D eigenvalue weighted by Gasteiger charge is -2.35. The molecular weight excluding hydrogens is 386 g/mol. The zero-order chi connectivity index (χ0) is 20.7. The van der Waals surface area contributed by atoms with Crippen LogP contribution in [0, 0.1) is 12.8 Å². The molecule has 2 fully saturated rings. The third kappa shape index (κ3) is 6.89. The van der Waals surface area contributed by atoms with Gasteiger partial charge in [0.25, 0.3) is 0 Å². The van der Waals surface area contributed by atoms with Gasteiger partial charge in [-0.05, 0) is 50.7 Å². The van der Waals surface area contributed by atoms with E-state index in [0.717, 1.165) is 38.8 Å². The predicted molar refractivity (Wildman–Crippen MR) is 120 cm³/mol. The fourth-order valence-corrected chi connectivity index (χ4v) is 4.80. The maximum atomic E-state index is 12.1. The van der Waals surface area contributed by atoms with E-state index >= 15 is 0 Å². The fraction of sp³-hybridized carbons (Fsp3) is 0.667. The third-order valence-corrected chi connectivity index (χ3v) is 7.21. The lowest BCUT2D eigenvalue weighted by molar-refractivity contribution is 0.316. The van der Waals surface area contributed by atoms with Crippen molar-refractivity contribution in [1.29, 1.82) is 0 Å². The number of piperidine rings is 1. The topological polar surface area (TPSA) is 85.8 Å². The summed E-state index contributed by atoms with van der Waals surface area (Å²) in [6.45, 7) is 4.98. The lowest BCUT2D eigenvalue weighted by Crippen LogP contribution is -2.52. The normalized spacial score (nSPS) is 21.0. The standard InChI is InChI=1S/C21H35N5O2S/c1-17-8-10-20(11-9-17)26-13-4-7-19(16-26)25-21(22-2)23-12-14-29(27,28)24-15-18-5-3-6-18/h8-11,18-19,24H,3-7,12-16H2,1-2H3,(H2,22,23,25). The molecule has 1 unspecified atom stereocenters. The van der Waals surface area contributed by atoms with Crippen molar-refractivity contribution >= 4 is 21.7 Å². The molecule has 2 aliphatic rings. The van der Waals surface area contributed by atoms with Crippen LogP contribution in [0.1, 0.15) is 37.7 Å². The summed E-state index contributed by atoms with van der Waals surface area (Å²) in [5.74, 6) is 1.24. The van der Waals surface area contributed by atoms with E-state index in [1.54, 1.807) is 7.05 Å². The molecule has 3 rings (SSSR count). The van der Waals surface area contributed by atoms with E-state index in [1.807, 2.05) is 0 Å². The molecule has 1 saturated carbocycles. The number of anilines is 1. The summed E-state index contributed by atoms with van der Waals surface area (Å²) in [6.07, 6.45) is 5.68. The molecule has 1 heterocycles. The molecule has 162 valence electrons. The minimum atomic E-state index is -3.24. The summed E-state index contributed by atoms with van der Waals surface area (Å²) in [5, 5.41) is 6.61. The van der Waals surface area contributed by atoms with Gasteiger partial charge in [0.15, 0.2) is 5.96 Å². The Morgan fingerprint density at radius 2 is 1.93 bits per heavy atom. The Kier molecular flexibility index (Phi) is 7.77. The molecule has 0 amide bonds. The van der Waals surface area contributed by atoms with Crippen LogP contribution in [-0.2, 0) is 10.0 Å². The quantitative estimate of drug-likeness (QED) is 0.441. The Labute approximate surface area is 175 Å². The van der Waals surface area contributed by atoms with Crippen LogP contribution in [0.15, 0.2) is 29.3 Å². The van der Waals surface area contributed by atoms with Crippen LogP contribution in [0.2, 0.25) is 0 Å². The van der Waals surface area contributed by atoms with E-state index in [1.165, 1.54) is 17.7 Å². The molecule has 1 atom stereocenters. The van der Waals surface area contributed by atoms with E-state index in [4.69, 9.17) is 0 Å². The predicted octanol–water partition coefficient (Wildman–Crippen LogP) is 1.85. The molecule has 1 saturated heterocycles. The number of nitrogens with zero attached hydrogens (tertiary/aromatic N) is 2. The van der Waals surface area contributed by atoms with Crippen molar-refractivity contribution in [2.75, 3.05) is 43.9 Å². The molecule has 0 bridgehead atoms. The summed E-state index contributed by atoms with van der Waals surface area (Å²) in [7, 11) is -1.52. The number of rotatable bonds is 8. The highest BCUT2D eigenvalue weighted by molar-refractivity contribution is 7.89. The first-order chi connectivity index (χ1) is 13.9. The molecule has 3 N–H and O–H groups in total. The summed E-state index contributed by atoms with van der Waals surface area (Å²) in [5.41, 5.74) is 2.51. The van der Waals surface area contributed by atoms with E-state index < -0.39 is 10.0 Å². The van der Waals surface area contributed by atoms with Gasteiger partial charge in [0.1, 0.15) is 0 Å². The number of hydrogen-bond acceptors (Lipinski definition) is 4. The first-order valence-electron chi connectivity index (χ1n) is 10.7. The van der Waals surface area contributed by atoms with E-state index in [2.05, 4.69) is 56.4 Å².